The van der Waals surface area contributed by atoms with Crippen LogP contribution in [0.15, 0.2) is 18.2 Å². The minimum absolute atomic E-state index is 0.456. The summed E-state index contributed by atoms with van der Waals surface area (Å²) < 4.78 is 0. The number of halogens is 1. The molecule has 1 fully saturated rings. The molecular weight excluding hydrogens is 246 g/mol. The van der Waals surface area contributed by atoms with Gasteiger partial charge in [0, 0.05) is 13.1 Å². The van der Waals surface area contributed by atoms with Gasteiger partial charge in [0.15, 0.2) is 0 Å². The largest absolute Gasteiger partial charge is 0.389 e. The predicted molar refractivity (Wildman–Crippen MR) is 77.3 cm³/mol. The third kappa shape index (κ3) is 2.99. The van der Waals surface area contributed by atoms with Crippen LogP contribution in [0.1, 0.15) is 44.8 Å². The Morgan fingerprint density at radius 3 is 2.89 bits per heavy atom. The van der Waals surface area contributed by atoms with Crippen LogP contribution in [0.2, 0.25) is 5.02 Å². The maximum Gasteiger partial charge on any atom is 0.0762 e. The van der Waals surface area contributed by atoms with E-state index in [0.717, 1.165) is 35.3 Å². The molecule has 0 amide bonds. The van der Waals surface area contributed by atoms with Crippen molar-refractivity contribution in [2.24, 2.45) is 5.92 Å². The van der Waals surface area contributed by atoms with Crippen LogP contribution in [0.3, 0.4) is 0 Å². The molecule has 1 aromatic rings. The average molecular weight is 268 g/mol. The zero-order chi connectivity index (χ0) is 13.1. The van der Waals surface area contributed by atoms with Crippen molar-refractivity contribution in [2.75, 3.05) is 18.0 Å². The predicted octanol–water partition coefficient (Wildman–Crippen LogP) is 4.02. The number of hydrogen-bond acceptors (Lipinski definition) is 2. The fourth-order valence-corrected chi connectivity index (χ4v) is 3.04. The average Bonchev–Trinajstić information content (AvgIpc) is 2.77. The van der Waals surface area contributed by atoms with Gasteiger partial charge in [-0.05, 0) is 43.4 Å². The van der Waals surface area contributed by atoms with Gasteiger partial charge in [0.2, 0.25) is 0 Å². The van der Waals surface area contributed by atoms with Crippen molar-refractivity contribution in [3.63, 3.8) is 0 Å². The van der Waals surface area contributed by atoms with E-state index in [-0.39, 0.29) is 0 Å². The van der Waals surface area contributed by atoms with Crippen molar-refractivity contribution in [2.45, 2.75) is 39.2 Å². The highest BCUT2D eigenvalue weighted by atomic mass is 35.5. The zero-order valence-corrected chi connectivity index (χ0v) is 12.0. The lowest BCUT2D eigenvalue weighted by molar-refractivity contribution is 0.199. The second kappa shape index (κ2) is 5.94. The van der Waals surface area contributed by atoms with Crippen LogP contribution in [-0.4, -0.2) is 18.2 Å². The van der Waals surface area contributed by atoms with E-state index >= 15 is 0 Å². The monoisotopic (exact) mass is 267 g/mol. The summed E-state index contributed by atoms with van der Waals surface area (Å²) in [5, 5.41) is 10.3. The van der Waals surface area contributed by atoms with Crippen molar-refractivity contribution >= 4 is 17.3 Å². The van der Waals surface area contributed by atoms with Gasteiger partial charge < -0.3 is 10.0 Å². The number of aliphatic hydroxyl groups excluding tert-OH is 1. The highest BCUT2D eigenvalue weighted by Crippen LogP contribution is 2.33. The second-order valence-corrected chi connectivity index (χ2v) is 5.68. The first-order chi connectivity index (χ1) is 8.61. The van der Waals surface area contributed by atoms with Crippen molar-refractivity contribution in [3.05, 3.63) is 28.8 Å². The van der Waals surface area contributed by atoms with Crippen LogP contribution in [0.4, 0.5) is 5.69 Å². The molecule has 1 N–H and O–H groups in total. The smallest absolute Gasteiger partial charge is 0.0762 e. The first-order valence-electron chi connectivity index (χ1n) is 6.84. The van der Waals surface area contributed by atoms with Crippen LogP contribution >= 0.6 is 11.6 Å². The molecule has 1 aliphatic rings. The SMILES string of the molecule is CCCC1CCN(c2ccc([C@H](C)O)cc2Cl)C1. The Morgan fingerprint density at radius 2 is 2.28 bits per heavy atom. The Labute approximate surface area is 115 Å². The van der Waals surface area contributed by atoms with E-state index < -0.39 is 6.10 Å². The maximum atomic E-state index is 9.54. The molecule has 1 saturated heterocycles. The van der Waals surface area contributed by atoms with Gasteiger partial charge in [0.05, 0.1) is 16.8 Å². The third-order valence-electron chi connectivity index (χ3n) is 3.78. The molecule has 1 aliphatic heterocycles. The Morgan fingerprint density at radius 1 is 1.50 bits per heavy atom. The van der Waals surface area contributed by atoms with E-state index in [1.165, 1.54) is 19.3 Å². The number of rotatable bonds is 4. The lowest BCUT2D eigenvalue weighted by atomic mass is 10.0. The number of anilines is 1. The van der Waals surface area contributed by atoms with Crippen LogP contribution < -0.4 is 4.90 Å². The molecule has 0 saturated carbocycles. The molecule has 3 heteroatoms. The van der Waals surface area contributed by atoms with Gasteiger partial charge in [-0.3, -0.25) is 0 Å². The van der Waals surface area contributed by atoms with Gasteiger partial charge in [0.25, 0.3) is 0 Å². The Hall–Kier alpha value is -0.730. The Kier molecular flexibility index (Phi) is 4.52. The van der Waals surface area contributed by atoms with Crippen molar-refractivity contribution in [1.82, 2.24) is 0 Å². The number of nitrogens with zero attached hydrogens (tertiary/aromatic N) is 1. The van der Waals surface area contributed by atoms with Gasteiger partial charge in [-0.15, -0.1) is 0 Å². The summed E-state index contributed by atoms with van der Waals surface area (Å²) in [5.41, 5.74) is 1.99. The summed E-state index contributed by atoms with van der Waals surface area (Å²) >= 11 is 6.33. The van der Waals surface area contributed by atoms with Crippen molar-refractivity contribution < 1.29 is 5.11 Å². The van der Waals surface area contributed by atoms with E-state index in [9.17, 15) is 5.11 Å². The lowest BCUT2D eigenvalue weighted by Crippen LogP contribution is -2.20. The molecule has 1 unspecified atom stereocenters. The quantitative estimate of drug-likeness (QED) is 0.891. The molecule has 1 aromatic carbocycles. The normalized spacial score (nSPS) is 21.3. The minimum atomic E-state index is -0.456. The van der Waals surface area contributed by atoms with Crippen molar-refractivity contribution in [1.29, 1.82) is 0 Å². The maximum absolute atomic E-state index is 9.54. The molecule has 0 aromatic heterocycles. The standard InChI is InChI=1S/C15H22ClNO/c1-3-4-12-7-8-17(10-12)15-6-5-13(11(2)18)9-14(15)16/h5-6,9,11-12,18H,3-4,7-8,10H2,1-2H3/t11-,12?/m0/s1. The first kappa shape index (κ1) is 13.7. The molecular formula is C15H22ClNO. The summed E-state index contributed by atoms with van der Waals surface area (Å²) in [6, 6.07) is 5.90. The molecule has 18 heavy (non-hydrogen) atoms. The molecule has 1 heterocycles. The third-order valence-corrected chi connectivity index (χ3v) is 4.08. The zero-order valence-electron chi connectivity index (χ0n) is 11.2. The van der Waals surface area contributed by atoms with Crippen molar-refractivity contribution in [3.8, 4) is 0 Å². The van der Waals surface area contributed by atoms with Crippen LogP contribution in [0.5, 0.6) is 0 Å². The molecule has 100 valence electrons. The van der Waals surface area contributed by atoms with E-state index in [2.05, 4.69) is 11.8 Å². The summed E-state index contributed by atoms with van der Waals surface area (Å²) in [7, 11) is 0. The first-order valence-corrected chi connectivity index (χ1v) is 7.22. The summed E-state index contributed by atoms with van der Waals surface area (Å²) in [6.45, 7) is 6.21. The van der Waals surface area contributed by atoms with Gasteiger partial charge in [-0.2, -0.15) is 0 Å². The lowest BCUT2D eigenvalue weighted by Gasteiger charge is -2.21. The van der Waals surface area contributed by atoms with Gasteiger partial charge in [0.1, 0.15) is 0 Å². The molecule has 0 spiro atoms. The van der Waals surface area contributed by atoms with Gasteiger partial charge in [-0.1, -0.05) is 31.0 Å². The van der Waals surface area contributed by atoms with E-state index in [1.54, 1.807) is 6.92 Å². The summed E-state index contributed by atoms with van der Waals surface area (Å²) in [4.78, 5) is 2.37. The van der Waals surface area contributed by atoms with Gasteiger partial charge in [-0.25, -0.2) is 0 Å². The van der Waals surface area contributed by atoms with Crippen LogP contribution in [-0.2, 0) is 0 Å². The highest BCUT2D eigenvalue weighted by molar-refractivity contribution is 6.33. The molecule has 0 bridgehead atoms. The van der Waals surface area contributed by atoms with E-state index in [4.69, 9.17) is 11.6 Å². The Bertz CT molecular complexity index is 405. The highest BCUT2D eigenvalue weighted by Gasteiger charge is 2.23. The molecule has 2 nitrogen and oxygen atoms in total. The van der Waals surface area contributed by atoms with E-state index in [0.29, 0.717) is 0 Å². The summed E-state index contributed by atoms with van der Waals surface area (Å²) in [5.74, 6) is 0.808. The van der Waals surface area contributed by atoms with Crippen LogP contribution in [0.25, 0.3) is 0 Å². The second-order valence-electron chi connectivity index (χ2n) is 5.28. The molecule has 2 rings (SSSR count). The number of aliphatic hydroxyl groups is 1. The summed E-state index contributed by atoms with van der Waals surface area (Å²) in [6.07, 6.45) is 3.37. The molecule has 0 radical (unpaired) electrons. The van der Waals surface area contributed by atoms with Gasteiger partial charge >= 0.3 is 0 Å². The van der Waals surface area contributed by atoms with E-state index in [1.807, 2.05) is 18.2 Å². The fourth-order valence-electron chi connectivity index (χ4n) is 2.73. The fraction of sp³-hybridized carbons (Fsp3) is 0.600. The van der Waals surface area contributed by atoms with Crippen LogP contribution in [0, 0.1) is 5.92 Å². The number of hydrogen-bond donors (Lipinski definition) is 1. The number of benzene rings is 1. The topological polar surface area (TPSA) is 23.5 Å². The molecule has 0 aliphatic carbocycles. The Balaban J connectivity index is 2.10. The molecule has 2 atom stereocenters. The minimum Gasteiger partial charge on any atom is -0.389 e.